The molecule has 0 radical (unpaired) electrons. The third kappa shape index (κ3) is 12.7. The zero-order chi connectivity index (χ0) is 33.1. The van der Waals surface area contributed by atoms with Crippen LogP contribution in [0.3, 0.4) is 0 Å². The smallest absolute Gasteiger partial charge is 0.242 e. The molecule has 12 nitrogen and oxygen atoms in total. The van der Waals surface area contributed by atoms with Crippen LogP contribution in [0.2, 0.25) is 0 Å². The normalized spacial score (nSPS) is 11.8. The van der Waals surface area contributed by atoms with Gasteiger partial charge in [0.05, 0.1) is 5.92 Å². The highest BCUT2D eigenvalue weighted by molar-refractivity contribution is 5.96. The number of hydrogen-bond donors (Lipinski definition) is 7. The van der Waals surface area contributed by atoms with Crippen molar-refractivity contribution in [3.8, 4) is 5.75 Å². The van der Waals surface area contributed by atoms with E-state index in [0.29, 0.717) is 19.4 Å². The minimum Gasteiger partial charge on any atom is -0.508 e. The van der Waals surface area contributed by atoms with Gasteiger partial charge in [-0.05, 0) is 54.5 Å². The monoisotopic (exact) mass is 628 g/mol. The topological polar surface area (TPSA) is 210 Å². The number of rotatable bonds is 17. The molecule has 0 unspecified atom stereocenters. The second-order valence-electron chi connectivity index (χ2n) is 10.8. The number of hydrogen-bond acceptors (Lipinski definition) is 6. The van der Waals surface area contributed by atoms with Crippen LogP contribution < -0.4 is 33.2 Å². The summed E-state index contributed by atoms with van der Waals surface area (Å²) in [5.41, 5.74) is 18.9. The summed E-state index contributed by atoms with van der Waals surface area (Å²) in [5, 5.41) is 18.0. The predicted octanol–water partition coefficient (Wildman–Crippen LogP) is 2.37. The molecule has 0 aliphatic rings. The van der Waals surface area contributed by atoms with Crippen LogP contribution in [0.25, 0.3) is 0 Å². The first-order valence-corrected chi connectivity index (χ1v) is 15.3. The van der Waals surface area contributed by atoms with Crippen molar-refractivity contribution >= 4 is 29.6 Å². The highest BCUT2D eigenvalue weighted by Gasteiger charge is 2.27. The maximum atomic E-state index is 13.8. The lowest BCUT2D eigenvalue weighted by atomic mass is 9.90. The maximum absolute atomic E-state index is 13.8. The first-order valence-electron chi connectivity index (χ1n) is 15.3. The summed E-state index contributed by atoms with van der Waals surface area (Å²) in [5.74, 6) is -1.35. The number of guanidine groups is 2. The van der Waals surface area contributed by atoms with Crippen LogP contribution in [0.1, 0.15) is 61.1 Å². The van der Waals surface area contributed by atoms with Crippen LogP contribution in [0.4, 0.5) is 0 Å². The number of nitrogens with one attached hydrogen (secondary N) is 3. The molecule has 0 heterocycles. The zero-order valence-corrected chi connectivity index (χ0v) is 25.9. The van der Waals surface area contributed by atoms with E-state index in [-0.39, 0.29) is 61.3 Å². The average molecular weight is 629 g/mol. The lowest BCUT2D eigenvalue weighted by molar-refractivity contribution is -0.129. The van der Waals surface area contributed by atoms with Crippen molar-refractivity contribution < 1.29 is 19.5 Å². The van der Waals surface area contributed by atoms with Crippen molar-refractivity contribution in [1.82, 2.24) is 16.0 Å². The van der Waals surface area contributed by atoms with Gasteiger partial charge in [-0.3, -0.25) is 29.7 Å². The van der Waals surface area contributed by atoms with E-state index in [2.05, 4.69) is 25.9 Å². The van der Waals surface area contributed by atoms with Gasteiger partial charge >= 0.3 is 0 Å². The van der Waals surface area contributed by atoms with Gasteiger partial charge in [0, 0.05) is 26.1 Å². The molecular formula is C34H44N8O4. The van der Waals surface area contributed by atoms with Crippen LogP contribution >= 0.6 is 0 Å². The van der Waals surface area contributed by atoms with Crippen LogP contribution in [-0.2, 0) is 20.9 Å². The van der Waals surface area contributed by atoms with Crippen LogP contribution in [0.15, 0.2) is 94.9 Å². The number of unbranched alkanes of at least 4 members (excludes halogenated alkanes) is 2. The van der Waals surface area contributed by atoms with E-state index in [0.717, 1.165) is 29.5 Å². The standard InChI is InChI=1S/C34H44N8O4/c35-33(36)38-21-9-3-8-16-29(44)42-34(37)39-22-10-15-28(31(45)40-23-24-17-19-27(43)20-18-24)41-32(46)30(25-11-4-1-5-12-25)26-13-6-2-7-14-26/h1-2,4-7,11-14,17-20,28,30,43H,3,8-10,15-16,21-23H2,(H,40,45)(H,41,46)(H4,35,36,38)(H3,37,39,42,44)/t28-/m1/s1. The fourth-order valence-electron chi connectivity index (χ4n) is 4.76. The number of carbonyl (C=O) groups is 3. The van der Waals surface area contributed by atoms with Gasteiger partial charge in [-0.15, -0.1) is 0 Å². The number of amides is 3. The first-order chi connectivity index (χ1) is 22.2. The summed E-state index contributed by atoms with van der Waals surface area (Å²) in [6, 6.07) is 24.4. The Morgan fingerprint density at radius 2 is 1.33 bits per heavy atom. The Morgan fingerprint density at radius 1 is 0.717 bits per heavy atom. The van der Waals surface area contributed by atoms with Gasteiger partial charge in [0.1, 0.15) is 11.8 Å². The fraction of sp³-hybridized carbons (Fsp3) is 0.324. The van der Waals surface area contributed by atoms with E-state index < -0.39 is 12.0 Å². The molecule has 3 amide bonds. The van der Waals surface area contributed by atoms with E-state index in [9.17, 15) is 19.5 Å². The molecule has 10 N–H and O–H groups in total. The minimum absolute atomic E-state index is 0.00362. The number of carbonyl (C=O) groups excluding carboxylic acids is 3. The molecule has 0 spiro atoms. The maximum Gasteiger partial charge on any atom is 0.242 e. The Kier molecular flexibility index (Phi) is 14.6. The first kappa shape index (κ1) is 35.1. The van der Waals surface area contributed by atoms with Gasteiger partial charge in [0.2, 0.25) is 17.7 Å². The Labute approximate surface area is 269 Å². The molecule has 0 saturated carbocycles. The van der Waals surface area contributed by atoms with Crippen molar-refractivity contribution in [2.24, 2.45) is 27.2 Å². The van der Waals surface area contributed by atoms with Crippen molar-refractivity contribution in [2.45, 2.75) is 57.0 Å². The molecule has 0 aliphatic carbocycles. The van der Waals surface area contributed by atoms with E-state index in [1.54, 1.807) is 24.3 Å². The zero-order valence-electron chi connectivity index (χ0n) is 25.9. The SMILES string of the molecule is NC(N)=NCCCCCC(=O)NC(N)=NCCC[C@@H](NC(=O)C(c1ccccc1)c1ccccc1)C(=O)NCc1ccc(O)cc1. The third-order valence-corrected chi connectivity index (χ3v) is 7.12. The number of benzene rings is 3. The lowest BCUT2D eigenvalue weighted by Crippen LogP contribution is -2.48. The summed E-state index contributed by atoms with van der Waals surface area (Å²) >= 11 is 0. The van der Waals surface area contributed by atoms with Crippen LogP contribution in [0.5, 0.6) is 5.75 Å². The van der Waals surface area contributed by atoms with Crippen LogP contribution in [-0.4, -0.2) is 53.9 Å². The summed E-state index contributed by atoms with van der Waals surface area (Å²) in [4.78, 5) is 47.5. The molecule has 0 bridgehead atoms. The molecule has 0 aliphatic heterocycles. The third-order valence-electron chi connectivity index (χ3n) is 7.12. The number of nitrogens with two attached hydrogens (primary N) is 3. The van der Waals surface area contributed by atoms with E-state index in [1.807, 2.05) is 60.7 Å². The fourth-order valence-corrected chi connectivity index (χ4v) is 4.76. The second-order valence-corrected chi connectivity index (χ2v) is 10.8. The van der Waals surface area contributed by atoms with Gasteiger partial charge in [-0.25, -0.2) is 0 Å². The average Bonchev–Trinajstić information content (AvgIpc) is 3.04. The number of phenols is 1. The van der Waals surface area contributed by atoms with Crippen molar-refractivity contribution in [2.75, 3.05) is 13.1 Å². The van der Waals surface area contributed by atoms with E-state index in [1.165, 1.54) is 0 Å². The van der Waals surface area contributed by atoms with E-state index in [4.69, 9.17) is 17.2 Å². The molecule has 244 valence electrons. The van der Waals surface area contributed by atoms with E-state index >= 15 is 0 Å². The molecule has 12 heteroatoms. The predicted molar refractivity (Wildman–Crippen MR) is 180 cm³/mol. The van der Waals surface area contributed by atoms with Crippen molar-refractivity contribution in [3.05, 3.63) is 102 Å². The van der Waals surface area contributed by atoms with Crippen LogP contribution in [0, 0.1) is 0 Å². The van der Waals surface area contributed by atoms with Gasteiger partial charge in [-0.2, -0.15) is 0 Å². The van der Waals surface area contributed by atoms with Gasteiger partial charge < -0.3 is 32.9 Å². The molecule has 1 atom stereocenters. The summed E-state index contributed by atoms with van der Waals surface area (Å²) in [6.45, 7) is 0.976. The highest BCUT2D eigenvalue weighted by atomic mass is 16.3. The number of nitrogens with zero attached hydrogens (tertiary/aromatic N) is 2. The Hall–Kier alpha value is -5.39. The van der Waals surface area contributed by atoms with Crippen molar-refractivity contribution in [1.29, 1.82) is 0 Å². The minimum atomic E-state index is -0.857. The number of aromatic hydroxyl groups is 1. The molecule has 3 aromatic rings. The molecule has 0 saturated heterocycles. The molecular weight excluding hydrogens is 584 g/mol. The van der Waals surface area contributed by atoms with Gasteiger partial charge in [-0.1, -0.05) is 79.2 Å². The second kappa shape index (κ2) is 19.1. The molecule has 3 aromatic carbocycles. The molecule has 0 fully saturated rings. The van der Waals surface area contributed by atoms with Crippen molar-refractivity contribution in [3.63, 3.8) is 0 Å². The molecule has 0 aromatic heterocycles. The summed E-state index contributed by atoms with van der Waals surface area (Å²) in [6.07, 6.45) is 3.21. The largest absolute Gasteiger partial charge is 0.508 e. The lowest BCUT2D eigenvalue weighted by Gasteiger charge is -2.23. The molecule has 46 heavy (non-hydrogen) atoms. The Balaban J connectivity index is 1.61. The quantitative estimate of drug-likeness (QED) is 0.0673. The number of aliphatic imine (C=N–C) groups is 2. The summed E-state index contributed by atoms with van der Waals surface area (Å²) < 4.78 is 0. The Morgan fingerprint density at radius 3 is 1.93 bits per heavy atom. The molecule has 3 rings (SSSR count). The summed E-state index contributed by atoms with van der Waals surface area (Å²) in [7, 11) is 0. The van der Waals surface area contributed by atoms with Gasteiger partial charge in [0.25, 0.3) is 0 Å². The van der Waals surface area contributed by atoms with Gasteiger partial charge in [0.15, 0.2) is 11.9 Å². The highest BCUT2D eigenvalue weighted by Crippen LogP contribution is 2.25. The number of phenolic OH excluding ortho intramolecular Hbond substituents is 1. The Bertz CT molecular complexity index is 1400.